The summed E-state index contributed by atoms with van der Waals surface area (Å²) in [7, 11) is 0. The van der Waals surface area contributed by atoms with Crippen molar-refractivity contribution in [3.63, 3.8) is 0 Å². The van der Waals surface area contributed by atoms with Crippen LogP contribution in [-0.2, 0) is 6.67 Å². The van der Waals surface area contributed by atoms with Gasteiger partial charge in [0.2, 0.25) is 5.88 Å². The fourth-order valence-electron chi connectivity index (χ4n) is 4.40. The highest BCUT2D eigenvalue weighted by Crippen LogP contribution is 2.39. The summed E-state index contributed by atoms with van der Waals surface area (Å²) < 4.78 is 7.71. The Hall–Kier alpha value is -3.97. The average Bonchev–Trinajstić information content (AvgIpc) is 3.15. The minimum atomic E-state index is -0.508. The molecule has 7 heteroatoms. The molecule has 4 aromatic rings. The predicted octanol–water partition coefficient (Wildman–Crippen LogP) is 6.82. The third kappa shape index (κ3) is 5.10. The summed E-state index contributed by atoms with van der Waals surface area (Å²) >= 11 is 0. The van der Waals surface area contributed by atoms with Crippen molar-refractivity contribution in [1.82, 2.24) is 9.47 Å². The van der Waals surface area contributed by atoms with Gasteiger partial charge in [0.25, 0.3) is 5.91 Å². The predicted molar refractivity (Wildman–Crippen MR) is 136 cm³/mol. The van der Waals surface area contributed by atoms with Crippen LogP contribution in [0.2, 0.25) is 0 Å². The van der Waals surface area contributed by atoms with Crippen molar-refractivity contribution in [2.24, 2.45) is 10.2 Å². The molecule has 178 valence electrons. The van der Waals surface area contributed by atoms with Crippen molar-refractivity contribution in [2.45, 2.75) is 32.9 Å². The van der Waals surface area contributed by atoms with Crippen molar-refractivity contribution in [1.29, 1.82) is 0 Å². The first-order valence-electron chi connectivity index (χ1n) is 11.9. The van der Waals surface area contributed by atoms with Gasteiger partial charge >= 0.3 is 0 Å². The maximum absolute atomic E-state index is 12.8. The Bertz CT molecular complexity index is 1370. The number of amides is 1. The van der Waals surface area contributed by atoms with E-state index in [1.807, 2.05) is 60.0 Å². The van der Waals surface area contributed by atoms with Gasteiger partial charge in [-0.15, -0.1) is 10.2 Å². The molecule has 1 aromatic heterocycles. The molecule has 0 saturated carbocycles. The van der Waals surface area contributed by atoms with E-state index in [2.05, 4.69) is 15.1 Å². The van der Waals surface area contributed by atoms with Gasteiger partial charge in [0.15, 0.2) is 5.69 Å². The molecule has 0 atom stereocenters. The Balaban J connectivity index is 1.38. The Kier molecular flexibility index (Phi) is 6.59. The summed E-state index contributed by atoms with van der Waals surface area (Å²) in [6.07, 6.45) is 3.56. The molecule has 0 radical (unpaired) electrons. The van der Waals surface area contributed by atoms with Gasteiger partial charge in [-0.3, -0.25) is 14.3 Å². The molecule has 0 spiro atoms. The number of piperidine rings is 1. The van der Waals surface area contributed by atoms with Gasteiger partial charge in [0, 0.05) is 10.9 Å². The number of fused-ring (bicyclic) bond motifs is 1. The number of rotatable bonds is 6. The van der Waals surface area contributed by atoms with E-state index in [1.165, 1.54) is 6.42 Å². The number of likely N-dealkylation sites (tertiary alicyclic amines) is 1. The van der Waals surface area contributed by atoms with Crippen LogP contribution in [0.1, 0.15) is 35.2 Å². The number of aryl methyl sites for hydroxylation is 1. The molecule has 1 saturated heterocycles. The van der Waals surface area contributed by atoms with Crippen LogP contribution in [0.25, 0.3) is 10.9 Å². The molecule has 7 nitrogen and oxygen atoms in total. The van der Waals surface area contributed by atoms with E-state index >= 15 is 0 Å². The zero-order valence-corrected chi connectivity index (χ0v) is 19.7. The third-order valence-corrected chi connectivity index (χ3v) is 6.29. The molecule has 2 heterocycles. The molecule has 0 bridgehead atoms. The first-order chi connectivity index (χ1) is 17.1. The van der Waals surface area contributed by atoms with Crippen LogP contribution in [0.3, 0.4) is 0 Å². The largest absolute Gasteiger partial charge is 0.493 e. The third-order valence-electron chi connectivity index (χ3n) is 6.29. The van der Waals surface area contributed by atoms with Gasteiger partial charge < -0.3 is 9.84 Å². The molecule has 1 aliphatic heterocycles. The summed E-state index contributed by atoms with van der Waals surface area (Å²) in [6.45, 7) is 4.59. The molecule has 35 heavy (non-hydrogen) atoms. The lowest BCUT2D eigenvalue weighted by Crippen LogP contribution is -2.31. The second kappa shape index (κ2) is 10.1. The fraction of sp³-hybridized carbons (Fsp3) is 0.250. The van der Waals surface area contributed by atoms with E-state index < -0.39 is 5.91 Å². The van der Waals surface area contributed by atoms with Gasteiger partial charge in [0.05, 0.1) is 12.2 Å². The van der Waals surface area contributed by atoms with Gasteiger partial charge in [-0.05, 0) is 69.3 Å². The Morgan fingerprint density at radius 1 is 0.943 bits per heavy atom. The van der Waals surface area contributed by atoms with E-state index in [0.717, 1.165) is 42.4 Å². The van der Waals surface area contributed by atoms with E-state index in [4.69, 9.17) is 4.74 Å². The van der Waals surface area contributed by atoms with Crippen LogP contribution in [0, 0.1) is 6.92 Å². The van der Waals surface area contributed by atoms with Crippen molar-refractivity contribution in [3.8, 4) is 17.4 Å². The van der Waals surface area contributed by atoms with Crippen LogP contribution in [-0.4, -0.2) is 33.6 Å². The number of para-hydroxylation sites is 1. The number of hydrogen-bond acceptors (Lipinski definition) is 5. The second-order valence-corrected chi connectivity index (χ2v) is 8.89. The highest BCUT2D eigenvalue weighted by Gasteiger charge is 2.20. The standard InChI is InChI=1S/C28H28N4O3/c1-20-12-14-22(15-13-20)35-23-9-7-8-21(18-23)27(33)30-29-26-24-10-3-4-11-25(24)32(28(26)34)19-31-16-5-2-6-17-31/h3-4,7-15,18,34H,2,5-6,16-17,19H2,1H3. The normalized spacial score (nSPS) is 14.5. The van der Waals surface area contributed by atoms with Crippen LogP contribution in [0.4, 0.5) is 5.69 Å². The number of carbonyl (C=O) groups is 1. The molecular weight excluding hydrogens is 440 g/mol. The van der Waals surface area contributed by atoms with E-state index in [-0.39, 0.29) is 5.88 Å². The lowest BCUT2D eigenvalue weighted by atomic mass is 10.1. The maximum atomic E-state index is 12.8. The molecule has 5 rings (SSSR count). The quantitative estimate of drug-likeness (QED) is 0.315. The topological polar surface area (TPSA) is 79.4 Å². The number of carbonyl (C=O) groups excluding carboxylic acids is 1. The van der Waals surface area contributed by atoms with Crippen molar-refractivity contribution >= 4 is 22.5 Å². The molecular formula is C28H28N4O3. The Morgan fingerprint density at radius 3 is 2.51 bits per heavy atom. The van der Waals surface area contributed by atoms with Gasteiger partial charge in [0.1, 0.15) is 11.5 Å². The number of aromatic hydroxyl groups is 1. The second-order valence-electron chi connectivity index (χ2n) is 8.89. The summed E-state index contributed by atoms with van der Waals surface area (Å²) in [5, 5.41) is 19.9. The summed E-state index contributed by atoms with van der Waals surface area (Å²) in [5.41, 5.74) is 2.67. The van der Waals surface area contributed by atoms with Crippen molar-refractivity contribution in [3.05, 3.63) is 83.9 Å². The highest BCUT2D eigenvalue weighted by molar-refractivity contribution is 5.97. The molecule has 1 amide bonds. The van der Waals surface area contributed by atoms with Crippen molar-refractivity contribution < 1.29 is 14.6 Å². The molecule has 1 N–H and O–H groups in total. The summed E-state index contributed by atoms with van der Waals surface area (Å²) in [4.78, 5) is 15.1. The zero-order valence-electron chi connectivity index (χ0n) is 19.7. The Labute approximate surface area is 204 Å². The minimum absolute atomic E-state index is 0.0183. The Morgan fingerprint density at radius 2 is 1.71 bits per heavy atom. The smallest absolute Gasteiger partial charge is 0.295 e. The first-order valence-corrected chi connectivity index (χ1v) is 11.9. The van der Waals surface area contributed by atoms with Gasteiger partial charge in [-0.1, -0.05) is 48.4 Å². The fourth-order valence-corrected chi connectivity index (χ4v) is 4.40. The van der Waals surface area contributed by atoms with Crippen LogP contribution >= 0.6 is 0 Å². The van der Waals surface area contributed by atoms with E-state index in [9.17, 15) is 9.90 Å². The monoisotopic (exact) mass is 468 g/mol. The van der Waals surface area contributed by atoms with E-state index in [0.29, 0.717) is 29.4 Å². The number of azo groups is 1. The van der Waals surface area contributed by atoms with Crippen LogP contribution in [0.5, 0.6) is 17.4 Å². The molecule has 3 aromatic carbocycles. The summed E-state index contributed by atoms with van der Waals surface area (Å²) in [6, 6.07) is 22.2. The lowest BCUT2D eigenvalue weighted by molar-refractivity contribution is 0.0994. The van der Waals surface area contributed by atoms with Crippen molar-refractivity contribution in [2.75, 3.05) is 13.1 Å². The van der Waals surface area contributed by atoms with Crippen LogP contribution < -0.4 is 4.74 Å². The molecule has 1 fully saturated rings. The first kappa shape index (κ1) is 22.8. The molecule has 0 unspecified atom stereocenters. The van der Waals surface area contributed by atoms with E-state index in [1.54, 1.807) is 24.3 Å². The number of ether oxygens (including phenoxy) is 1. The number of hydrogen-bond donors (Lipinski definition) is 1. The maximum Gasteiger partial charge on any atom is 0.295 e. The zero-order chi connectivity index (χ0) is 24.2. The lowest BCUT2D eigenvalue weighted by Gasteiger charge is -2.27. The number of aromatic nitrogens is 1. The molecule has 1 aliphatic rings. The van der Waals surface area contributed by atoms with Gasteiger partial charge in [-0.25, -0.2) is 0 Å². The average molecular weight is 469 g/mol. The number of nitrogens with zero attached hydrogens (tertiary/aromatic N) is 4. The molecule has 0 aliphatic carbocycles. The van der Waals surface area contributed by atoms with Crippen LogP contribution in [0.15, 0.2) is 83.0 Å². The van der Waals surface area contributed by atoms with Gasteiger partial charge in [-0.2, -0.15) is 0 Å². The highest BCUT2D eigenvalue weighted by atomic mass is 16.5. The minimum Gasteiger partial charge on any atom is -0.493 e. The summed E-state index contributed by atoms with van der Waals surface area (Å²) in [5.74, 6) is 0.737. The number of benzene rings is 3. The SMILES string of the molecule is Cc1ccc(Oc2cccc(C(=O)N=Nc3c(O)n(CN4CCCCC4)c4ccccc34)c2)cc1.